The van der Waals surface area contributed by atoms with E-state index in [0.29, 0.717) is 10.6 Å². The number of nitrogens with one attached hydrogen (secondary N) is 1. The Morgan fingerprint density at radius 3 is 2.60 bits per heavy atom. The van der Waals surface area contributed by atoms with Crippen molar-refractivity contribution in [3.05, 3.63) is 74.8 Å². The number of nitro groups is 1. The largest absolute Gasteiger partial charge is 0.469 e. The number of nitrogens with zero attached hydrogens (tertiary/aromatic N) is 1. The van der Waals surface area contributed by atoms with Gasteiger partial charge in [-0.3, -0.25) is 19.7 Å². The first-order valence-electron chi connectivity index (χ1n) is 7.29. The molecule has 7 nitrogen and oxygen atoms in total. The molecule has 0 aliphatic heterocycles. The summed E-state index contributed by atoms with van der Waals surface area (Å²) in [6.45, 7) is 0. The zero-order valence-corrected chi connectivity index (χ0v) is 14.0. The lowest BCUT2D eigenvalue weighted by atomic mass is 10.0. The molecule has 0 saturated carbocycles. The molecule has 2 aromatic rings. The Bertz CT molecular complexity index is 809. The molecule has 0 saturated heterocycles. The maximum atomic E-state index is 12.5. The van der Waals surface area contributed by atoms with E-state index < -0.39 is 22.8 Å². The average molecular weight is 363 g/mol. The van der Waals surface area contributed by atoms with Crippen LogP contribution in [0, 0.1) is 10.1 Å². The summed E-state index contributed by atoms with van der Waals surface area (Å²) in [5.74, 6) is -1.08. The van der Waals surface area contributed by atoms with Gasteiger partial charge in [0.25, 0.3) is 11.6 Å². The smallest absolute Gasteiger partial charge is 0.307 e. The molecule has 0 radical (unpaired) electrons. The lowest BCUT2D eigenvalue weighted by molar-refractivity contribution is -0.384. The van der Waals surface area contributed by atoms with Gasteiger partial charge in [0.15, 0.2) is 0 Å². The monoisotopic (exact) mass is 362 g/mol. The lowest BCUT2D eigenvalue weighted by Crippen LogP contribution is -2.30. The molecule has 0 spiro atoms. The van der Waals surface area contributed by atoms with Crippen LogP contribution >= 0.6 is 11.6 Å². The number of hydrogen-bond acceptors (Lipinski definition) is 5. The van der Waals surface area contributed by atoms with Crippen molar-refractivity contribution in [2.45, 2.75) is 12.5 Å². The zero-order chi connectivity index (χ0) is 18.4. The highest BCUT2D eigenvalue weighted by molar-refractivity contribution is 6.31. The van der Waals surface area contributed by atoms with Crippen molar-refractivity contribution in [2.24, 2.45) is 0 Å². The van der Waals surface area contributed by atoms with Crippen molar-refractivity contribution in [3.63, 3.8) is 0 Å². The first kappa shape index (κ1) is 18.4. The number of methoxy groups -OCH3 is 1. The highest BCUT2D eigenvalue weighted by atomic mass is 35.5. The van der Waals surface area contributed by atoms with Crippen LogP contribution in [0.15, 0.2) is 48.5 Å². The van der Waals surface area contributed by atoms with Gasteiger partial charge >= 0.3 is 5.97 Å². The van der Waals surface area contributed by atoms with Gasteiger partial charge in [0.1, 0.15) is 0 Å². The quantitative estimate of drug-likeness (QED) is 0.483. The summed E-state index contributed by atoms with van der Waals surface area (Å²) in [5, 5.41) is 13.9. The minimum atomic E-state index is -0.729. The first-order chi connectivity index (χ1) is 11.9. The van der Waals surface area contributed by atoms with E-state index in [2.05, 4.69) is 10.1 Å². The number of non-ortho nitro benzene ring substituents is 1. The fourth-order valence-electron chi connectivity index (χ4n) is 2.25. The van der Waals surface area contributed by atoms with Gasteiger partial charge < -0.3 is 10.1 Å². The Morgan fingerprint density at radius 2 is 1.96 bits per heavy atom. The molecular weight excluding hydrogens is 348 g/mol. The molecule has 0 fully saturated rings. The normalized spacial score (nSPS) is 11.4. The predicted octanol–water partition coefficient (Wildman–Crippen LogP) is 3.28. The number of amides is 1. The van der Waals surface area contributed by atoms with E-state index in [1.807, 2.05) is 0 Å². The topological polar surface area (TPSA) is 98.5 Å². The van der Waals surface area contributed by atoms with Crippen molar-refractivity contribution < 1.29 is 19.2 Å². The van der Waals surface area contributed by atoms with Crippen LogP contribution in [-0.2, 0) is 9.53 Å². The molecule has 130 valence electrons. The summed E-state index contributed by atoms with van der Waals surface area (Å²) in [7, 11) is 1.24. The second-order valence-electron chi connectivity index (χ2n) is 5.14. The van der Waals surface area contributed by atoms with Gasteiger partial charge in [-0.15, -0.1) is 0 Å². The molecule has 0 bridgehead atoms. The number of esters is 1. The maximum Gasteiger partial charge on any atom is 0.307 e. The fraction of sp³-hybridized carbons (Fsp3) is 0.176. The molecule has 0 aromatic heterocycles. The van der Waals surface area contributed by atoms with Crippen LogP contribution < -0.4 is 5.32 Å². The Hall–Kier alpha value is -2.93. The third-order valence-electron chi connectivity index (χ3n) is 3.50. The predicted molar refractivity (Wildman–Crippen MR) is 91.4 cm³/mol. The van der Waals surface area contributed by atoms with Crippen LogP contribution in [0.3, 0.4) is 0 Å². The Labute approximate surface area is 148 Å². The van der Waals surface area contributed by atoms with Crippen LogP contribution in [0.1, 0.15) is 28.4 Å². The summed E-state index contributed by atoms with van der Waals surface area (Å²) in [6, 6.07) is 11.4. The van der Waals surface area contributed by atoms with Crippen LogP contribution in [0.2, 0.25) is 5.02 Å². The van der Waals surface area contributed by atoms with Gasteiger partial charge in [0.2, 0.25) is 0 Å². The second kappa shape index (κ2) is 8.25. The van der Waals surface area contributed by atoms with Crippen molar-refractivity contribution in [1.29, 1.82) is 0 Å². The molecule has 8 heteroatoms. The first-order valence-corrected chi connectivity index (χ1v) is 7.66. The molecule has 0 heterocycles. The molecule has 25 heavy (non-hydrogen) atoms. The second-order valence-corrected chi connectivity index (χ2v) is 5.54. The molecule has 1 unspecified atom stereocenters. The number of carbonyl (C=O) groups excluding carboxylic acids is 2. The van der Waals surface area contributed by atoms with E-state index in [0.717, 1.165) is 6.07 Å². The number of nitro benzene ring substituents is 1. The van der Waals surface area contributed by atoms with Crippen LogP contribution in [0.4, 0.5) is 5.69 Å². The standard InChI is InChI=1S/C17H15ClN2O5/c1-25-16(21)10-15(13-7-2-3-8-14(13)18)19-17(22)11-5-4-6-12(9-11)20(23)24/h2-9,15H,10H2,1H3,(H,19,22). The number of halogens is 1. The fourth-order valence-corrected chi connectivity index (χ4v) is 2.52. The highest BCUT2D eigenvalue weighted by Crippen LogP contribution is 2.26. The number of carbonyl (C=O) groups is 2. The van der Waals surface area contributed by atoms with Gasteiger partial charge in [-0.05, 0) is 17.7 Å². The number of rotatable bonds is 6. The summed E-state index contributed by atoms with van der Waals surface area (Å²) in [6.07, 6.45) is -0.124. The molecular formula is C17H15ClN2O5. The van der Waals surface area contributed by atoms with E-state index in [9.17, 15) is 19.7 Å². The van der Waals surface area contributed by atoms with Gasteiger partial charge in [0, 0.05) is 22.7 Å². The number of hydrogen-bond donors (Lipinski definition) is 1. The summed E-state index contributed by atoms with van der Waals surface area (Å²) >= 11 is 6.15. The van der Waals surface area contributed by atoms with Gasteiger partial charge in [0.05, 0.1) is 24.5 Å². The molecule has 1 N–H and O–H groups in total. The van der Waals surface area contributed by atoms with E-state index in [-0.39, 0.29) is 17.7 Å². The Balaban J connectivity index is 2.28. The van der Waals surface area contributed by atoms with E-state index in [4.69, 9.17) is 11.6 Å². The van der Waals surface area contributed by atoms with Crippen molar-refractivity contribution in [2.75, 3.05) is 7.11 Å². The summed E-state index contributed by atoms with van der Waals surface area (Å²) in [5.41, 5.74) is 0.458. The minimum Gasteiger partial charge on any atom is -0.469 e. The third-order valence-corrected chi connectivity index (χ3v) is 3.85. The van der Waals surface area contributed by atoms with E-state index in [1.54, 1.807) is 24.3 Å². The van der Waals surface area contributed by atoms with Gasteiger partial charge in [-0.2, -0.15) is 0 Å². The van der Waals surface area contributed by atoms with Crippen LogP contribution in [0.5, 0.6) is 0 Å². The van der Waals surface area contributed by atoms with Crippen molar-refractivity contribution in [3.8, 4) is 0 Å². The summed E-state index contributed by atoms with van der Waals surface area (Å²) < 4.78 is 4.66. The molecule has 1 atom stereocenters. The van der Waals surface area contributed by atoms with Crippen molar-refractivity contribution >= 4 is 29.2 Å². The Morgan fingerprint density at radius 1 is 1.24 bits per heavy atom. The van der Waals surface area contributed by atoms with Gasteiger partial charge in [-0.25, -0.2) is 0 Å². The van der Waals surface area contributed by atoms with Crippen LogP contribution in [0.25, 0.3) is 0 Å². The molecule has 2 rings (SSSR count). The van der Waals surface area contributed by atoms with Gasteiger partial charge in [-0.1, -0.05) is 35.9 Å². The number of ether oxygens (including phenoxy) is 1. The van der Waals surface area contributed by atoms with E-state index in [1.165, 1.54) is 25.3 Å². The highest BCUT2D eigenvalue weighted by Gasteiger charge is 2.22. The molecule has 2 aromatic carbocycles. The van der Waals surface area contributed by atoms with Crippen molar-refractivity contribution in [1.82, 2.24) is 5.32 Å². The maximum absolute atomic E-state index is 12.5. The zero-order valence-electron chi connectivity index (χ0n) is 13.3. The SMILES string of the molecule is COC(=O)CC(NC(=O)c1cccc([N+](=O)[O-])c1)c1ccccc1Cl. The minimum absolute atomic E-state index is 0.108. The average Bonchev–Trinajstić information content (AvgIpc) is 2.61. The lowest BCUT2D eigenvalue weighted by Gasteiger charge is -2.19. The molecule has 0 aliphatic rings. The molecule has 0 aliphatic carbocycles. The van der Waals surface area contributed by atoms with E-state index >= 15 is 0 Å². The Kier molecular flexibility index (Phi) is 6.08. The van der Waals surface area contributed by atoms with Crippen LogP contribution in [-0.4, -0.2) is 23.9 Å². The third kappa shape index (κ3) is 4.77. The molecule has 1 amide bonds. The summed E-state index contributed by atoms with van der Waals surface area (Å²) in [4.78, 5) is 34.4. The number of benzene rings is 2.